The third-order valence-electron chi connectivity index (χ3n) is 4.04. The molecule has 0 spiro atoms. The van der Waals surface area contributed by atoms with Gasteiger partial charge in [0.1, 0.15) is 17.3 Å². The van der Waals surface area contributed by atoms with Crippen molar-refractivity contribution in [3.63, 3.8) is 0 Å². The molecule has 3 aromatic rings. The lowest BCUT2D eigenvalue weighted by Crippen LogP contribution is -2.22. The van der Waals surface area contributed by atoms with Crippen LogP contribution in [0.2, 0.25) is 0 Å². The van der Waals surface area contributed by atoms with E-state index in [-0.39, 0.29) is 17.5 Å². The van der Waals surface area contributed by atoms with Crippen molar-refractivity contribution in [3.05, 3.63) is 95.3 Å². The molecule has 150 valence electrons. The van der Waals surface area contributed by atoms with Crippen LogP contribution >= 0.6 is 0 Å². The summed E-state index contributed by atoms with van der Waals surface area (Å²) in [5, 5.41) is 2.81. The van der Waals surface area contributed by atoms with E-state index in [1.807, 2.05) is 12.1 Å². The Morgan fingerprint density at radius 3 is 2.17 bits per heavy atom. The largest absolute Gasteiger partial charge is 0.457 e. The Balaban J connectivity index is 1.57. The van der Waals surface area contributed by atoms with Gasteiger partial charge in [-0.1, -0.05) is 24.3 Å². The standard InChI is InChI=1S/C22H20FNO4S/c1-29(26,27)15-17-3-2-4-18(13-17)22(25)24-14-16-5-9-20(10-6-16)28-21-11-7-19(23)8-12-21/h2-13H,14-15H2,1H3,(H,24,25). The van der Waals surface area contributed by atoms with Gasteiger partial charge >= 0.3 is 0 Å². The molecule has 0 aliphatic heterocycles. The lowest BCUT2D eigenvalue weighted by molar-refractivity contribution is 0.0951. The summed E-state index contributed by atoms with van der Waals surface area (Å²) >= 11 is 0. The van der Waals surface area contributed by atoms with Gasteiger partial charge in [-0.15, -0.1) is 0 Å². The highest BCUT2D eigenvalue weighted by molar-refractivity contribution is 7.89. The summed E-state index contributed by atoms with van der Waals surface area (Å²) in [4.78, 5) is 12.4. The molecule has 5 nitrogen and oxygen atoms in total. The topological polar surface area (TPSA) is 72.5 Å². The fourth-order valence-electron chi connectivity index (χ4n) is 2.70. The van der Waals surface area contributed by atoms with Crippen molar-refractivity contribution in [3.8, 4) is 11.5 Å². The molecular formula is C22H20FNO4S. The van der Waals surface area contributed by atoms with Crippen molar-refractivity contribution < 1.29 is 22.3 Å². The first-order valence-corrected chi connectivity index (χ1v) is 10.9. The van der Waals surface area contributed by atoms with Crippen molar-refractivity contribution in [1.29, 1.82) is 0 Å². The fourth-order valence-corrected chi connectivity index (χ4v) is 3.49. The molecule has 7 heteroatoms. The second kappa shape index (κ2) is 8.87. The molecule has 29 heavy (non-hydrogen) atoms. The number of carbonyl (C=O) groups is 1. The van der Waals surface area contributed by atoms with Crippen LogP contribution in [0, 0.1) is 5.82 Å². The Bertz CT molecular complexity index is 1090. The summed E-state index contributed by atoms with van der Waals surface area (Å²) in [5.41, 5.74) is 1.85. The molecule has 1 amide bonds. The second-order valence-electron chi connectivity index (χ2n) is 6.65. The van der Waals surface area contributed by atoms with Crippen molar-refractivity contribution in [2.75, 3.05) is 6.26 Å². The SMILES string of the molecule is CS(=O)(=O)Cc1cccc(C(=O)NCc2ccc(Oc3ccc(F)cc3)cc2)c1. The highest BCUT2D eigenvalue weighted by Crippen LogP contribution is 2.22. The number of amides is 1. The van der Waals surface area contributed by atoms with Crippen LogP contribution in [0.4, 0.5) is 4.39 Å². The lowest BCUT2D eigenvalue weighted by Gasteiger charge is -2.09. The number of sulfone groups is 1. The van der Waals surface area contributed by atoms with E-state index in [1.54, 1.807) is 48.5 Å². The van der Waals surface area contributed by atoms with E-state index < -0.39 is 9.84 Å². The van der Waals surface area contributed by atoms with Crippen LogP contribution in [-0.2, 0) is 22.1 Å². The molecule has 0 bridgehead atoms. The fraction of sp³-hybridized carbons (Fsp3) is 0.136. The molecule has 0 atom stereocenters. The minimum atomic E-state index is -3.17. The maximum absolute atomic E-state index is 12.9. The van der Waals surface area contributed by atoms with Gasteiger partial charge in [-0.05, 0) is 59.7 Å². The third-order valence-corrected chi connectivity index (χ3v) is 4.90. The molecule has 0 radical (unpaired) electrons. The Kier molecular flexibility index (Phi) is 6.29. The van der Waals surface area contributed by atoms with Crippen LogP contribution in [-0.4, -0.2) is 20.6 Å². The summed E-state index contributed by atoms with van der Waals surface area (Å²) in [6.45, 7) is 0.311. The van der Waals surface area contributed by atoms with Crippen molar-refractivity contribution >= 4 is 15.7 Å². The van der Waals surface area contributed by atoms with E-state index in [1.165, 1.54) is 12.1 Å². The average molecular weight is 413 g/mol. The highest BCUT2D eigenvalue weighted by Gasteiger charge is 2.09. The normalized spacial score (nSPS) is 11.1. The van der Waals surface area contributed by atoms with Crippen molar-refractivity contribution in [2.24, 2.45) is 0 Å². The molecule has 0 aromatic heterocycles. The van der Waals surface area contributed by atoms with Crippen LogP contribution in [0.25, 0.3) is 0 Å². The van der Waals surface area contributed by atoms with Gasteiger partial charge in [0.05, 0.1) is 5.75 Å². The summed E-state index contributed by atoms with van der Waals surface area (Å²) < 4.78 is 41.4. The minimum absolute atomic E-state index is 0.108. The van der Waals surface area contributed by atoms with Crippen LogP contribution in [0.5, 0.6) is 11.5 Å². The molecule has 1 N–H and O–H groups in total. The van der Waals surface area contributed by atoms with E-state index >= 15 is 0 Å². The Labute approximate surface area is 169 Å². The smallest absolute Gasteiger partial charge is 0.251 e. The van der Waals surface area contributed by atoms with Crippen molar-refractivity contribution in [1.82, 2.24) is 5.32 Å². The van der Waals surface area contributed by atoms with Crippen LogP contribution in [0.1, 0.15) is 21.5 Å². The summed E-state index contributed by atoms with van der Waals surface area (Å²) in [5.74, 6) is 0.405. The molecule has 0 aliphatic carbocycles. The van der Waals surface area contributed by atoms with E-state index in [2.05, 4.69) is 5.32 Å². The number of ether oxygens (including phenoxy) is 1. The van der Waals surface area contributed by atoms with Crippen molar-refractivity contribution in [2.45, 2.75) is 12.3 Å². The van der Waals surface area contributed by atoms with Crippen LogP contribution in [0.3, 0.4) is 0 Å². The number of halogens is 1. The van der Waals surface area contributed by atoms with Gasteiger partial charge in [0.15, 0.2) is 9.84 Å². The summed E-state index contributed by atoms with van der Waals surface area (Å²) in [6, 6.07) is 19.5. The van der Waals surface area contributed by atoms with E-state index in [4.69, 9.17) is 4.74 Å². The first kappa shape index (κ1) is 20.5. The zero-order valence-corrected chi connectivity index (χ0v) is 16.6. The predicted octanol–water partition coefficient (Wildman–Crippen LogP) is 4.09. The quantitative estimate of drug-likeness (QED) is 0.633. The van der Waals surface area contributed by atoms with E-state index in [0.717, 1.165) is 11.8 Å². The highest BCUT2D eigenvalue weighted by atomic mass is 32.2. The van der Waals surface area contributed by atoms with Gasteiger partial charge in [0.2, 0.25) is 0 Å². The minimum Gasteiger partial charge on any atom is -0.457 e. The molecule has 0 fully saturated rings. The molecule has 0 aliphatic rings. The first-order valence-electron chi connectivity index (χ1n) is 8.86. The molecule has 0 unspecified atom stereocenters. The number of benzene rings is 3. The Morgan fingerprint density at radius 1 is 0.931 bits per heavy atom. The second-order valence-corrected chi connectivity index (χ2v) is 8.79. The zero-order chi connectivity index (χ0) is 20.9. The van der Waals surface area contributed by atoms with Gasteiger partial charge in [-0.25, -0.2) is 12.8 Å². The van der Waals surface area contributed by atoms with Gasteiger partial charge in [-0.3, -0.25) is 4.79 Å². The molecule has 0 heterocycles. The summed E-state index contributed by atoms with van der Waals surface area (Å²) in [6.07, 6.45) is 1.16. The lowest BCUT2D eigenvalue weighted by atomic mass is 10.1. The number of nitrogens with one attached hydrogen (secondary N) is 1. The van der Waals surface area contributed by atoms with Crippen LogP contribution < -0.4 is 10.1 Å². The van der Waals surface area contributed by atoms with Gasteiger partial charge in [0.25, 0.3) is 5.91 Å². The molecule has 3 rings (SSSR count). The monoisotopic (exact) mass is 413 g/mol. The van der Waals surface area contributed by atoms with E-state index in [9.17, 15) is 17.6 Å². The molecule has 3 aromatic carbocycles. The summed E-state index contributed by atoms with van der Waals surface area (Å²) in [7, 11) is -3.17. The Morgan fingerprint density at radius 2 is 1.55 bits per heavy atom. The van der Waals surface area contributed by atoms with Crippen LogP contribution in [0.15, 0.2) is 72.8 Å². The predicted molar refractivity (Wildman–Crippen MR) is 109 cm³/mol. The molecule has 0 saturated heterocycles. The third kappa shape index (κ3) is 6.43. The van der Waals surface area contributed by atoms with Gasteiger partial charge in [-0.2, -0.15) is 0 Å². The average Bonchev–Trinajstić information content (AvgIpc) is 2.68. The maximum atomic E-state index is 12.9. The molecular weight excluding hydrogens is 393 g/mol. The van der Waals surface area contributed by atoms with Gasteiger partial charge < -0.3 is 10.1 Å². The maximum Gasteiger partial charge on any atom is 0.251 e. The number of carbonyl (C=O) groups excluding carboxylic acids is 1. The van der Waals surface area contributed by atoms with E-state index in [0.29, 0.717) is 29.2 Å². The number of rotatable bonds is 7. The number of hydrogen-bond acceptors (Lipinski definition) is 4. The molecule has 0 saturated carbocycles. The Hall–Kier alpha value is -3.19. The zero-order valence-electron chi connectivity index (χ0n) is 15.8. The first-order chi connectivity index (χ1) is 13.8. The number of hydrogen-bond donors (Lipinski definition) is 1. The van der Waals surface area contributed by atoms with Gasteiger partial charge in [0, 0.05) is 18.4 Å².